The van der Waals surface area contributed by atoms with Crippen molar-refractivity contribution in [1.82, 2.24) is 0 Å². The Labute approximate surface area is 127 Å². The number of carbonyl (C=O) groups is 2. The minimum absolute atomic E-state index is 0.228. The second-order valence-corrected chi connectivity index (χ2v) is 6.63. The molecule has 0 aliphatic carbocycles. The van der Waals surface area contributed by atoms with Gasteiger partial charge in [0.25, 0.3) is 0 Å². The lowest BCUT2D eigenvalue weighted by atomic mass is 9.73. The Morgan fingerprint density at radius 3 is 2.10 bits per heavy atom. The smallest absolute Gasteiger partial charge is 0.241 e. The van der Waals surface area contributed by atoms with E-state index in [1.165, 1.54) is 4.90 Å². The van der Waals surface area contributed by atoms with Gasteiger partial charge in [0.05, 0.1) is 33.7 Å². The summed E-state index contributed by atoms with van der Waals surface area (Å²) < 4.78 is 5.96. The average Bonchev–Trinajstić information content (AvgIpc) is 2.97. The first-order valence-corrected chi connectivity index (χ1v) is 7.28. The van der Waals surface area contributed by atoms with Crippen LogP contribution in [0.3, 0.4) is 0 Å². The number of rotatable bonds is 1. The van der Waals surface area contributed by atoms with Crippen LogP contribution in [-0.2, 0) is 14.3 Å². The number of amides is 2. The number of imide groups is 1. The SMILES string of the molecule is C[C@]12C=C[C@](C)(O1)[C@H]1C(=O)N(c3ccccc3Cl)C(=O)[C@@H]12. The van der Waals surface area contributed by atoms with E-state index in [2.05, 4.69) is 0 Å². The molecule has 0 radical (unpaired) electrons. The zero-order chi connectivity index (χ0) is 15.0. The summed E-state index contributed by atoms with van der Waals surface area (Å²) in [4.78, 5) is 26.9. The van der Waals surface area contributed by atoms with Crippen molar-refractivity contribution >= 4 is 29.1 Å². The molecular formula is C16H14ClNO3. The van der Waals surface area contributed by atoms with Crippen LogP contribution in [0.4, 0.5) is 5.69 Å². The highest BCUT2D eigenvalue weighted by Gasteiger charge is 2.70. The van der Waals surface area contributed by atoms with Crippen LogP contribution in [0.15, 0.2) is 36.4 Å². The highest BCUT2D eigenvalue weighted by molar-refractivity contribution is 6.36. The fourth-order valence-corrected chi connectivity index (χ4v) is 4.12. The van der Waals surface area contributed by atoms with E-state index in [1.54, 1.807) is 24.3 Å². The summed E-state index contributed by atoms with van der Waals surface area (Å²) in [6.07, 6.45) is 3.80. The van der Waals surface area contributed by atoms with Gasteiger partial charge in [-0.3, -0.25) is 9.59 Å². The Kier molecular flexibility index (Phi) is 2.33. The first-order chi connectivity index (χ1) is 9.87. The molecule has 2 saturated heterocycles. The van der Waals surface area contributed by atoms with Crippen molar-refractivity contribution in [3.63, 3.8) is 0 Å². The van der Waals surface area contributed by atoms with Gasteiger partial charge in [0.15, 0.2) is 0 Å². The second-order valence-electron chi connectivity index (χ2n) is 6.22. The number of carbonyl (C=O) groups excluding carboxylic acids is 2. The second kappa shape index (κ2) is 3.76. The number of ether oxygens (including phenoxy) is 1. The Bertz CT molecular complexity index is 679. The first-order valence-electron chi connectivity index (χ1n) is 6.90. The van der Waals surface area contributed by atoms with Gasteiger partial charge in [-0.05, 0) is 26.0 Å². The van der Waals surface area contributed by atoms with Crippen molar-refractivity contribution in [3.8, 4) is 0 Å². The normalized spacial score (nSPS) is 40.2. The third kappa shape index (κ3) is 1.44. The van der Waals surface area contributed by atoms with Crippen LogP contribution in [0.5, 0.6) is 0 Å². The summed E-state index contributed by atoms with van der Waals surface area (Å²) in [6.45, 7) is 3.72. The van der Waals surface area contributed by atoms with Crippen molar-refractivity contribution in [2.24, 2.45) is 11.8 Å². The van der Waals surface area contributed by atoms with Gasteiger partial charge < -0.3 is 4.74 Å². The molecule has 21 heavy (non-hydrogen) atoms. The van der Waals surface area contributed by atoms with E-state index in [0.717, 1.165) is 0 Å². The highest BCUT2D eigenvalue weighted by atomic mass is 35.5. The van der Waals surface area contributed by atoms with Crippen LogP contribution >= 0.6 is 11.6 Å². The molecule has 1 aromatic rings. The summed E-state index contributed by atoms with van der Waals surface area (Å²) in [5.74, 6) is -1.41. The van der Waals surface area contributed by atoms with Gasteiger partial charge in [0, 0.05) is 0 Å². The topological polar surface area (TPSA) is 46.6 Å². The molecule has 3 aliphatic rings. The third-order valence-electron chi connectivity index (χ3n) is 4.82. The predicted molar refractivity (Wildman–Crippen MR) is 78.0 cm³/mol. The molecule has 4 rings (SSSR count). The fourth-order valence-electron chi connectivity index (χ4n) is 3.90. The zero-order valence-corrected chi connectivity index (χ0v) is 12.4. The van der Waals surface area contributed by atoms with Gasteiger partial charge in [-0.15, -0.1) is 0 Å². The molecule has 3 heterocycles. The van der Waals surface area contributed by atoms with Crippen LogP contribution in [0, 0.1) is 11.8 Å². The number of hydrogen-bond acceptors (Lipinski definition) is 3. The molecule has 4 nitrogen and oxygen atoms in total. The summed E-state index contributed by atoms with van der Waals surface area (Å²) in [7, 11) is 0. The Hall–Kier alpha value is -1.65. The molecule has 0 aromatic heterocycles. The number of benzene rings is 1. The molecule has 2 bridgehead atoms. The van der Waals surface area contributed by atoms with E-state index in [-0.39, 0.29) is 11.8 Å². The van der Waals surface area contributed by atoms with Gasteiger partial charge in [0.1, 0.15) is 0 Å². The number of anilines is 1. The lowest BCUT2D eigenvalue weighted by molar-refractivity contribution is -0.128. The minimum Gasteiger partial charge on any atom is -0.359 e. The van der Waals surface area contributed by atoms with Gasteiger partial charge in [0.2, 0.25) is 11.8 Å². The third-order valence-corrected chi connectivity index (χ3v) is 5.14. The van der Waals surface area contributed by atoms with Crippen LogP contribution in [-0.4, -0.2) is 23.0 Å². The number of halogens is 1. The van der Waals surface area contributed by atoms with Gasteiger partial charge in [-0.1, -0.05) is 35.9 Å². The Morgan fingerprint density at radius 2 is 1.57 bits per heavy atom. The van der Waals surface area contributed by atoms with E-state index in [1.807, 2.05) is 26.0 Å². The maximum absolute atomic E-state index is 12.8. The lowest BCUT2D eigenvalue weighted by Crippen LogP contribution is -2.39. The molecule has 5 heteroatoms. The van der Waals surface area contributed by atoms with Crippen molar-refractivity contribution < 1.29 is 14.3 Å². The van der Waals surface area contributed by atoms with Gasteiger partial charge in [-0.2, -0.15) is 0 Å². The first kappa shape index (κ1) is 13.0. The molecular weight excluding hydrogens is 290 g/mol. The number of para-hydroxylation sites is 1. The van der Waals surface area contributed by atoms with Gasteiger partial charge >= 0.3 is 0 Å². The Balaban J connectivity index is 1.85. The Morgan fingerprint density at radius 1 is 1.05 bits per heavy atom. The number of hydrogen-bond donors (Lipinski definition) is 0. The van der Waals surface area contributed by atoms with Crippen LogP contribution in [0.2, 0.25) is 5.02 Å². The van der Waals surface area contributed by atoms with Crippen LogP contribution in [0.25, 0.3) is 0 Å². The molecule has 108 valence electrons. The standard InChI is InChI=1S/C16H14ClNO3/c1-15-7-8-16(2,21-15)12-11(15)13(19)18(14(12)20)10-6-4-3-5-9(10)17/h3-8,11-12H,1-2H3/t11-,12-,15-,16+/m1/s1. The van der Waals surface area contributed by atoms with Crippen molar-refractivity contribution in [1.29, 1.82) is 0 Å². The highest BCUT2D eigenvalue weighted by Crippen LogP contribution is 2.57. The summed E-state index contributed by atoms with van der Waals surface area (Å²) in [5.41, 5.74) is -0.959. The molecule has 0 saturated carbocycles. The van der Waals surface area contributed by atoms with E-state index >= 15 is 0 Å². The minimum atomic E-state index is -0.706. The average molecular weight is 304 g/mol. The quantitative estimate of drug-likeness (QED) is 0.592. The maximum atomic E-state index is 12.8. The predicted octanol–water partition coefficient (Wildman–Crippen LogP) is 2.56. The number of nitrogens with zero attached hydrogens (tertiary/aromatic N) is 1. The van der Waals surface area contributed by atoms with E-state index in [4.69, 9.17) is 16.3 Å². The molecule has 3 aliphatic heterocycles. The maximum Gasteiger partial charge on any atom is 0.241 e. The largest absolute Gasteiger partial charge is 0.359 e. The van der Waals surface area contributed by atoms with Crippen LogP contribution < -0.4 is 4.90 Å². The van der Waals surface area contributed by atoms with Crippen molar-refractivity contribution in [2.45, 2.75) is 25.0 Å². The molecule has 4 atom stereocenters. The fraction of sp³-hybridized carbons (Fsp3) is 0.375. The molecule has 0 unspecified atom stereocenters. The summed E-state index contributed by atoms with van der Waals surface area (Å²) >= 11 is 6.16. The van der Waals surface area contributed by atoms with E-state index in [0.29, 0.717) is 10.7 Å². The van der Waals surface area contributed by atoms with Crippen molar-refractivity contribution in [3.05, 3.63) is 41.4 Å². The van der Waals surface area contributed by atoms with Crippen LogP contribution in [0.1, 0.15) is 13.8 Å². The monoisotopic (exact) mass is 303 g/mol. The summed E-state index contributed by atoms with van der Waals surface area (Å²) in [6, 6.07) is 6.91. The number of fused-ring (bicyclic) bond motifs is 5. The molecule has 2 fully saturated rings. The molecule has 2 amide bonds. The van der Waals surface area contributed by atoms with Crippen molar-refractivity contribution in [2.75, 3.05) is 4.90 Å². The zero-order valence-electron chi connectivity index (χ0n) is 11.7. The molecule has 0 N–H and O–H groups in total. The van der Waals surface area contributed by atoms with Gasteiger partial charge in [-0.25, -0.2) is 4.90 Å². The molecule has 1 aromatic carbocycles. The summed E-state index contributed by atoms with van der Waals surface area (Å²) in [5, 5.41) is 0.399. The van der Waals surface area contributed by atoms with E-state index < -0.39 is 23.0 Å². The molecule has 0 spiro atoms. The van der Waals surface area contributed by atoms with E-state index in [9.17, 15) is 9.59 Å². The lowest BCUT2D eigenvalue weighted by Gasteiger charge is -2.25.